The van der Waals surface area contributed by atoms with E-state index in [1.807, 2.05) is 54.6 Å². The molecule has 3 nitrogen and oxygen atoms in total. The molecular formula is C25H25NO2. The lowest BCUT2D eigenvalue weighted by atomic mass is 9.76. The molecule has 0 radical (unpaired) electrons. The van der Waals surface area contributed by atoms with E-state index in [-0.39, 0.29) is 12.0 Å². The fourth-order valence-electron chi connectivity index (χ4n) is 4.62. The van der Waals surface area contributed by atoms with Crippen LogP contribution in [0.1, 0.15) is 30.5 Å². The van der Waals surface area contributed by atoms with Gasteiger partial charge in [0, 0.05) is 6.04 Å². The van der Waals surface area contributed by atoms with Gasteiger partial charge < -0.3 is 5.11 Å². The van der Waals surface area contributed by atoms with Crippen LogP contribution in [0.4, 0.5) is 0 Å². The molecule has 1 unspecified atom stereocenters. The zero-order valence-corrected chi connectivity index (χ0v) is 16.2. The monoisotopic (exact) mass is 371 g/mol. The minimum Gasteiger partial charge on any atom is -0.480 e. The standard InChI is InChI=1S/C25H25NO2/c1-18(2)22-23(24(27)28)26(22)25(19-12-6-3-7-13-19,20-14-8-4-9-15-20)21-16-10-5-11-17-21/h3-18,22-23H,1-2H3,(H,27,28)/t22-,23-,26?/m1/s1. The summed E-state index contributed by atoms with van der Waals surface area (Å²) < 4.78 is 0. The summed E-state index contributed by atoms with van der Waals surface area (Å²) in [5.74, 6) is -0.525. The lowest BCUT2D eigenvalue weighted by molar-refractivity contribution is -0.137. The maximum Gasteiger partial charge on any atom is 0.322 e. The normalized spacial score (nSPS) is 21.5. The third kappa shape index (κ3) is 2.83. The second-order valence-corrected chi connectivity index (χ2v) is 7.73. The Morgan fingerprint density at radius 3 is 1.39 bits per heavy atom. The predicted molar refractivity (Wildman–Crippen MR) is 111 cm³/mol. The van der Waals surface area contributed by atoms with E-state index < -0.39 is 17.6 Å². The third-order valence-corrected chi connectivity index (χ3v) is 5.75. The van der Waals surface area contributed by atoms with Crippen LogP contribution in [0.15, 0.2) is 91.0 Å². The van der Waals surface area contributed by atoms with Crippen molar-refractivity contribution < 1.29 is 9.90 Å². The maximum absolute atomic E-state index is 12.2. The number of carboxylic acids is 1. The lowest BCUT2D eigenvalue weighted by Gasteiger charge is -2.39. The zero-order chi connectivity index (χ0) is 19.7. The second-order valence-electron chi connectivity index (χ2n) is 7.73. The predicted octanol–water partition coefficient (Wildman–Crippen LogP) is 4.77. The van der Waals surface area contributed by atoms with Gasteiger partial charge >= 0.3 is 5.97 Å². The molecule has 1 aliphatic heterocycles. The third-order valence-electron chi connectivity index (χ3n) is 5.75. The largest absolute Gasteiger partial charge is 0.480 e. The van der Waals surface area contributed by atoms with E-state index in [9.17, 15) is 9.90 Å². The molecule has 3 heteroatoms. The van der Waals surface area contributed by atoms with E-state index in [1.54, 1.807) is 0 Å². The van der Waals surface area contributed by atoms with Crippen LogP contribution in [-0.2, 0) is 10.3 Å². The molecule has 4 rings (SSSR count). The Morgan fingerprint density at radius 1 is 0.786 bits per heavy atom. The summed E-state index contributed by atoms with van der Waals surface area (Å²) in [4.78, 5) is 14.4. The molecule has 0 aliphatic carbocycles. The first kappa shape index (κ1) is 18.5. The van der Waals surface area contributed by atoms with Crippen LogP contribution in [-0.4, -0.2) is 28.1 Å². The van der Waals surface area contributed by atoms with Gasteiger partial charge in [0.2, 0.25) is 0 Å². The molecule has 0 spiro atoms. The van der Waals surface area contributed by atoms with Gasteiger partial charge in [0.15, 0.2) is 0 Å². The Morgan fingerprint density at radius 2 is 1.14 bits per heavy atom. The van der Waals surface area contributed by atoms with Gasteiger partial charge in [0.05, 0.1) is 5.54 Å². The average Bonchev–Trinajstić information content (AvgIpc) is 3.48. The minimum atomic E-state index is -0.758. The molecule has 1 N–H and O–H groups in total. The van der Waals surface area contributed by atoms with Gasteiger partial charge in [-0.05, 0) is 22.6 Å². The summed E-state index contributed by atoms with van der Waals surface area (Å²) in [6, 6.07) is 30.3. The topological polar surface area (TPSA) is 40.3 Å². The van der Waals surface area contributed by atoms with Crippen LogP contribution in [0.2, 0.25) is 0 Å². The van der Waals surface area contributed by atoms with Crippen molar-refractivity contribution in [2.75, 3.05) is 0 Å². The van der Waals surface area contributed by atoms with Gasteiger partial charge in [-0.1, -0.05) is 105 Å². The van der Waals surface area contributed by atoms with Gasteiger partial charge in [-0.3, -0.25) is 9.69 Å². The van der Waals surface area contributed by atoms with Gasteiger partial charge in [0.1, 0.15) is 6.04 Å². The van der Waals surface area contributed by atoms with Crippen LogP contribution in [0.3, 0.4) is 0 Å². The number of rotatable bonds is 6. The summed E-state index contributed by atoms with van der Waals surface area (Å²) in [6.07, 6.45) is 0. The van der Waals surface area contributed by atoms with Crippen molar-refractivity contribution in [3.8, 4) is 0 Å². The average molecular weight is 371 g/mol. The van der Waals surface area contributed by atoms with Crippen LogP contribution < -0.4 is 0 Å². The molecule has 0 saturated carbocycles. The number of carboxylic acid groups (broad SMARTS) is 1. The molecule has 1 aliphatic rings. The molecule has 0 amide bonds. The fraction of sp³-hybridized carbons (Fsp3) is 0.240. The van der Waals surface area contributed by atoms with E-state index in [1.165, 1.54) is 0 Å². The smallest absolute Gasteiger partial charge is 0.322 e. The van der Waals surface area contributed by atoms with E-state index in [4.69, 9.17) is 0 Å². The van der Waals surface area contributed by atoms with Crippen molar-refractivity contribution in [2.45, 2.75) is 31.5 Å². The molecular weight excluding hydrogens is 346 g/mol. The molecule has 1 saturated heterocycles. The van der Waals surface area contributed by atoms with Gasteiger partial charge in [0.25, 0.3) is 0 Å². The summed E-state index contributed by atoms with van der Waals surface area (Å²) in [6.45, 7) is 4.21. The Bertz CT molecular complexity index is 841. The summed E-state index contributed by atoms with van der Waals surface area (Å²) in [5, 5.41) is 10.0. The fourth-order valence-corrected chi connectivity index (χ4v) is 4.62. The van der Waals surface area contributed by atoms with Crippen molar-refractivity contribution in [1.29, 1.82) is 0 Å². The first-order chi connectivity index (χ1) is 13.6. The van der Waals surface area contributed by atoms with E-state index in [0.29, 0.717) is 0 Å². The number of aliphatic carboxylic acids is 1. The summed E-state index contributed by atoms with van der Waals surface area (Å²) >= 11 is 0. The van der Waals surface area contributed by atoms with Gasteiger partial charge in [-0.15, -0.1) is 0 Å². The molecule has 1 heterocycles. The number of carbonyl (C=O) groups is 1. The highest BCUT2D eigenvalue weighted by molar-refractivity contribution is 5.79. The van der Waals surface area contributed by atoms with E-state index in [2.05, 4.69) is 55.1 Å². The molecule has 3 aromatic rings. The Kier molecular flexibility index (Phi) is 4.78. The second kappa shape index (κ2) is 7.25. The van der Waals surface area contributed by atoms with Gasteiger partial charge in [-0.25, -0.2) is 0 Å². The minimum absolute atomic E-state index is 0.0295. The van der Waals surface area contributed by atoms with E-state index in [0.717, 1.165) is 16.7 Å². The van der Waals surface area contributed by atoms with Crippen molar-refractivity contribution in [3.63, 3.8) is 0 Å². The van der Waals surface area contributed by atoms with Crippen molar-refractivity contribution >= 4 is 5.97 Å². The highest BCUT2D eigenvalue weighted by Gasteiger charge is 2.64. The van der Waals surface area contributed by atoms with Crippen molar-refractivity contribution in [1.82, 2.24) is 4.90 Å². The van der Waals surface area contributed by atoms with Crippen LogP contribution >= 0.6 is 0 Å². The molecule has 0 bridgehead atoms. The Labute approximate surface area is 166 Å². The SMILES string of the molecule is CC(C)[C@@H]1[C@H](C(=O)O)N1C(c1ccccc1)(c1ccccc1)c1ccccc1. The molecule has 0 aromatic heterocycles. The molecule has 1 fully saturated rings. The quantitative estimate of drug-likeness (QED) is 0.501. The van der Waals surface area contributed by atoms with Crippen molar-refractivity contribution in [2.24, 2.45) is 5.92 Å². The zero-order valence-electron chi connectivity index (χ0n) is 16.2. The van der Waals surface area contributed by atoms with Crippen LogP contribution in [0.5, 0.6) is 0 Å². The van der Waals surface area contributed by atoms with Crippen LogP contribution in [0, 0.1) is 5.92 Å². The highest BCUT2D eigenvalue weighted by Crippen LogP contribution is 2.53. The first-order valence-corrected chi connectivity index (χ1v) is 9.76. The number of nitrogens with zero attached hydrogens (tertiary/aromatic N) is 1. The number of hydrogen-bond donors (Lipinski definition) is 1. The Balaban J connectivity index is 2.04. The number of hydrogen-bond acceptors (Lipinski definition) is 2. The van der Waals surface area contributed by atoms with Crippen molar-refractivity contribution in [3.05, 3.63) is 108 Å². The Hall–Kier alpha value is -2.91. The summed E-state index contributed by atoms with van der Waals surface area (Å²) in [5.41, 5.74) is 2.60. The number of benzene rings is 3. The summed E-state index contributed by atoms with van der Waals surface area (Å²) in [7, 11) is 0. The van der Waals surface area contributed by atoms with E-state index >= 15 is 0 Å². The lowest BCUT2D eigenvalue weighted by Crippen LogP contribution is -2.41. The molecule has 28 heavy (non-hydrogen) atoms. The van der Waals surface area contributed by atoms with Crippen LogP contribution in [0.25, 0.3) is 0 Å². The van der Waals surface area contributed by atoms with Gasteiger partial charge in [-0.2, -0.15) is 0 Å². The molecule has 3 atom stereocenters. The first-order valence-electron chi connectivity index (χ1n) is 9.76. The maximum atomic E-state index is 12.2. The highest BCUT2D eigenvalue weighted by atomic mass is 16.4. The molecule has 3 aromatic carbocycles. The molecule has 142 valence electrons.